The van der Waals surface area contributed by atoms with E-state index in [9.17, 15) is 8.42 Å². The zero-order valence-electron chi connectivity index (χ0n) is 11.8. The molecule has 0 radical (unpaired) electrons. The van der Waals surface area contributed by atoms with E-state index in [-0.39, 0.29) is 4.90 Å². The molecule has 2 N–H and O–H groups in total. The lowest BCUT2D eigenvalue weighted by Crippen LogP contribution is -2.14. The van der Waals surface area contributed by atoms with Gasteiger partial charge in [-0.05, 0) is 47.6 Å². The van der Waals surface area contributed by atoms with Crippen molar-refractivity contribution in [2.75, 3.05) is 11.8 Å². The van der Waals surface area contributed by atoms with Crippen LogP contribution in [0, 0.1) is 0 Å². The summed E-state index contributed by atoms with van der Waals surface area (Å²) in [4.78, 5) is 0.201. The van der Waals surface area contributed by atoms with Crippen molar-refractivity contribution in [3.05, 3.63) is 40.6 Å². The Balaban J connectivity index is 2.26. The molecule has 2 aromatic rings. The van der Waals surface area contributed by atoms with Crippen molar-refractivity contribution >= 4 is 31.6 Å². The first-order chi connectivity index (χ1) is 9.96. The van der Waals surface area contributed by atoms with Crippen LogP contribution in [0.2, 0.25) is 0 Å². The summed E-state index contributed by atoms with van der Waals surface area (Å²) in [5.74, 6) is 0. The number of hydrogen-bond donors (Lipinski definition) is 2. The van der Waals surface area contributed by atoms with Gasteiger partial charge in [0, 0.05) is 23.8 Å². The molecule has 0 fully saturated rings. The molecule has 1 heterocycles. The highest BCUT2D eigenvalue weighted by Gasteiger charge is 2.18. The Kier molecular flexibility index (Phi) is 5.02. The Morgan fingerprint density at radius 1 is 1.38 bits per heavy atom. The first kappa shape index (κ1) is 16.0. The van der Waals surface area contributed by atoms with Crippen molar-refractivity contribution in [3.63, 3.8) is 0 Å². The van der Waals surface area contributed by atoms with Crippen LogP contribution >= 0.6 is 15.9 Å². The van der Waals surface area contributed by atoms with E-state index >= 15 is 0 Å². The van der Waals surface area contributed by atoms with Gasteiger partial charge in [0.25, 0.3) is 10.0 Å². The maximum absolute atomic E-state index is 12.4. The highest BCUT2D eigenvalue weighted by molar-refractivity contribution is 9.10. The van der Waals surface area contributed by atoms with Crippen LogP contribution in [-0.4, -0.2) is 25.2 Å². The molecule has 6 nitrogen and oxygen atoms in total. The van der Waals surface area contributed by atoms with Crippen LogP contribution in [0.5, 0.6) is 0 Å². The third-order valence-electron chi connectivity index (χ3n) is 2.88. The molecular weight excluding hydrogens is 356 g/mol. The minimum atomic E-state index is -3.64. The van der Waals surface area contributed by atoms with Gasteiger partial charge in [0.1, 0.15) is 4.90 Å². The van der Waals surface area contributed by atoms with Crippen molar-refractivity contribution in [2.45, 2.75) is 24.9 Å². The zero-order valence-corrected chi connectivity index (χ0v) is 14.2. The molecule has 1 aromatic heterocycles. The molecule has 0 atom stereocenters. The summed E-state index contributed by atoms with van der Waals surface area (Å²) in [6.07, 6.45) is 3.14. The van der Waals surface area contributed by atoms with Crippen LogP contribution in [-0.2, 0) is 23.1 Å². The van der Waals surface area contributed by atoms with E-state index < -0.39 is 10.0 Å². The van der Waals surface area contributed by atoms with E-state index in [1.165, 1.54) is 6.20 Å². The number of nitrogens with zero attached hydrogens (tertiary/aromatic N) is 2. The Bertz CT molecular complexity index is 728. The summed E-state index contributed by atoms with van der Waals surface area (Å²) in [5.41, 5.74) is 1.45. The number of anilines is 1. The Labute approximate surface area is 132 Å². The molecule has 0 saturated heterocycles. The van der Waals surface area contributed by atoms with Crippen molar-refractivity contribution in [1.82, 2.24) is 15.1 Å². The fraction of sp³-hybridized carbons (Fsp3) is 0.308. The van der Waals surface area contributed by atoms with Gasteiger partial charge >= 0.3 is 0 Å². The smallest absolute Gasteiger partial charge is 0.263 e. The lowest BCUT2D eigenvalue weighted by atomic mass is 10.2. The molecule has 1 aromatic carbocycles. The molecule has 0 amide bonds. The summed E-state index contributed by atoms with van der Waals surface area (Å²) < 4.78 is 29.5. The van der Waals surface area contributed by atoms with E-state index in [0.717, 1.165) is 5.56 Å². The van der Waals surface area contributed by atoms with Crippen LogP contribution < -0.4 is 10.0 Å². The summed E-state index contributed by atoms with van der Waals surface area (Å²) in [6.45, 7) is 3.29. The topological polar surface area (TPSA) is 76.0 Å². The second kappa shape index (κ2) is 6.59. The van der Waals surface area contributed by atoms with E-state index in [1.807, 2.05) is 14.0 Å². The number of halogens is 1. The van der Waals surface area contributed by atoms with Gasteiger partial charge in [0.05, 0.1) is 11.9 Å². The normalized spacial score (nSPS) is 11.6. The molecule has 0 unspecified atom stereocenters. The highest BCUT2D eigenvalue weighted by atomic mass is 79.9. The van der Waals surface area contributed by atoms with Crippen LogP contribution in [0.4, 0.5) is 5.69 Å². The molecule has 8 heteroatoms. The summed E-state index contributed by atoms with van der Waals surface area (Å²) in [6, 6.07) is 5.16. The molecule has 21 heavy (non-hydrogen) atoms. The first-order valence-electron chi connectivity index (χ1n) is 6.44. The Morgan fingerprint density at radius 2 is 2.14 bits per heavy atom. The fourth-order valence-corrected chi connectivity index (χ4v) is 4.03. The van der Waals surface area contributed by atoms with Crippen LogP contribution in [0.1, 0.15) is 12.5 Å². The van der Waals surface area contributed by atoms with E-state index in [0.29, 0.717) is 23.2 Å². The highest BCUT2D eigenvalue weighted by Crippen LogP contribution is 2.25. The van der Waals surface area contributed by atoms with Crippen molar-refractivity contribution in [2.24, 2.45) is 0 Å². The SMILES string of the molecule is CCn1cc(NS(=O)(=O)c2ccc(CNC)cc2Br)cn1. The number of nitrogens with one attached hydrogen (secondary N) is 2. The minimum absolute atomic E-state index is 0.201. The van der Waals surface area contributed by atoms with Crippen LogP contribution in [0.25, 0.3) is 0 Å². The largest absolute Gasteiger partial charge is 0.316 e. The first-order valence-corrected chi connectivity index (χ1v) is 8.72. The lowest BCUT2D eigenvalue weighted by molar-refractivity contribution is 0.600. The zero-order chi connectivity index (χ0) is 15.5. The molecule has 0 aliphatic carbocycles. The number of hydrogen-bond acceptors (Lipinski definition) is 4. The van der Waals surface area contributed by atoms with Gasteiger partial charge in [-0.15, -0.1) is 0 Å². The monoisotopic (exact) mass is 372 g/mol. The van der Waals surface area contributed by atoms with Crippen molar-refractivity contribution in [1.29, 1.82) is 0 Å². The molecule has 2 rings (SSSR count). The van der Waals surface area contributed by atoms with Gasteiger partial charge < -0.3 is 5.32 Å². The average Bonchev–Trinajstić information content (AvgIpc) is 2.85. The van der Waals surface area contributed by atoms with Crippen LogP contribution in [0.15, 0.2) is 40.0 Å². The molecule has 0 aliphatic heterocycles. The maximum atomic E-state index is 12.4. The molecule has 0 spiro atoms. The Hall–Kier alpha value is -1.38. The van der Waals surface area contributed by atoms with Crippen LogP contribution in [0.3, 0.4) is 0 Å². The predicted octanol–water partition coefficient (Wildman–Crippen LogP) is 2.19. The average molecular weight is 373 g/mol. The standard InChI is InChI=1S/C13H17BrN4O2S/c1-3-18-9-11(8-16-18)17-21(19,20)13-5-4-10(7-15-2)6-12(13)14/h4-6,8-9,15,17H,3,7H2,1-2H3. The molecular formula is C13H17BrN4O2S. The quantitative estimate of drug-likeness (QED) is 0.814. The van der Waals surface area contributed by atoms with E-state index in [4.69, 9.17) is 0 Å². The van der Waals surface area contributed by atoms with Gasteiger partial charge in [0.15, 0.2) is 0 Å². The molecule has 0 saturated carbocycles. The molecule has 0 aliphatic rings. The van der Waals surface area contributed by atoms with E-state index in [1.54, 1.807) is 29.1 Å². The number of sulfonamides is 1. The summed E-state index contributed by atoms with van der Waals surface area (Å²) in [5, 5.41) is 7.06. The summed E-state index contributed by atoms with van der Waals surface area (Å²) >= 11 is 3.32. The molecule has 0 bridgehead atoms. The van der Waals surface area contributed by atoms with Gasteiger partial charge in [-0.3, -0.25) is 9.40 Å². The third-order valence-corrected chi connectivity index (χ3v) is 5.23. The third kappa shape index (κ3) is 3.84. The number of aryl methyl sites for hydroxylation is 1. The van der Waals surface area contributed by atoms with Gasteiger partial charge in [-0.2, -0.15) is 5.10 Å². The van der Waals surface area contributed by atoms with Crippen molar-refractivity contribution < 1.29 is 8.42 Å². The number of benzene rings is 1. The van der Waals surface area contributed by atoms with Crippen molar-refractivity contribution in [3.8, 4) is 0 Å². The maximum Gasteiger partial charge on any atom is 0.263 e. The van der Waals surface area contributed by atoms with Gasteiger partial charge in [-0.1, -0.05) is 6.07 Å². The number of rotatable bonds is 6. The second-order valence-corrected chi connectivity index (χ2v) is 6.99. The minimum Gasteiger partial charge on any atom is -0.316 e. The second-order valence-electron chi connectivity index (χ2n) is 4.49. The Morgan fingerprint density at radius 3 is 2.71 bits per heavy atom. The van der Waals surface area contributed by atoms with Gasteiger partial charge in [-0.25, -0.2) is 8.42 Å². The predicted molar refractivity (Wildman–Crippen MR) is 85.6 cm³/mol. The number of aromatic nitrogens is 2. The molecule has 114 valence electrons. The summed E-state index contributed by atoms with van der Waals surface area (Å²) in [7, 11) is -1.80. The fourth-order valence-electron chi connectivity index (χ4n) is 1.88. The van der Waals surface area contributed by atoms with Gasteiger partial charge in [0.2, 0.25) is 0 Å². The lowest BCUT2D eigenvalue weighted by Gasteiger charge is -2.09. The van der Waals surface area contributed by atoms with E-state index in [2.05, 4.69) is 31.1 Å².